The summed E-state index contributed by atoms with van der Waals surface area (Å²) in [4.78, 5) is 12.1. The highest BCUT2D eigenvalue weighted by atomic mass is 28.4. The minimum absolute atomic E-state index is 0.0413. The van der Waals surface area contributed by atoms with E-state index in [1.165, 1.54) is 7.11 Å². The maximum atomic E-state index is 12.1. The Morgan fingerprint density at radius 3 is 2.13 bits per heavy atom. The minimum Gasteiger partial charge on any atom is -0.469 e. The van der Waals surface area contributed by atoms with E-state index in [2.05, 4.69) is 68.1 Å². The molecule has 5 nitrogen and oxygen atoms in total. The van der Waals surface area contributed by atoms with Crippen LogP contribution in [0.4, 0.5) is 0 Å². The number of ether oxygens (including phenoxy) is 3. The van der Waals surface area contributed by atoms with Gasteiger partial charge >= 0.3 is 5.97 Å². The van der Waals surface area contributed by atoms with E-state index in [1.807, 2.05) is 19.9 Å². The summed E-state index contributed by atoms with van der Waals surface area (Å²) < 4.78 is 24.5. The summed E-state index contributed by atoms with van der Waals surface area (Å²) in [5.41, 5.74) is -0.404. The molecule has 0 unspecified atom stereocenters. The zero-order valence-corrected chi connectivity index (χ0v) is 22.4. The second-order valence-electron chi connectivity index (χ2n) is 11.4. The lowest BCUT2D eigenvalue weighted by atomic mass is 9.70. The van der Waals surface area contributed by atoms with Crippen molar-refractivity contribution < 1.29 is 23.4 Å². The molecule has 0 bridgehead atoms. The molecule has 1 aliphatic rings. The van der Waals surface area contributed by atoms with Crippen LogP contribution in [0, 0.1) is 17.3 Å². The van der Waals surface area contributed by atoms with E-state index in [4.69, 9.17) is 18.6 Å². The van der Waals surface area contributed by atoms with E-state index in [0.717, 1.165) is 0 Å². The summed E-state index contributed by atoms with van der Waals surface area (Å²) in [5.74, 6) is -0.832. The van der Waals surface area contributed by atoms with Crippen molar-refractivity contribution >= 4 is 14.3 Å². The van der Waals surface area contributed by atoms with Crippen LogP contribution in [0.5, 0.6) is 0 Å². The number of rotatable bonds is 8. The SMILES string of the molecule is C=C[C@H](C)[C@H](O[Si](C)(C)C(C)(C)C)[C@@H](C)[C@@H]1OC(C)(C)O[C@@H](CC(=O)OC)C1(C)C. The van der Waals surface area contributed by atoms with Gasteiger partial charge in [0, 0.05) is 11.3 Å². The zero-order valence-electron chi connectivity index (χ0n) is 21.4. The number of methoxy groups -OCH3 is 1. The molecule has 1 rings (SSSR count). The Morgan fingerprint density at radius 2 is 1.70 bits per heavy atom. The van der Waals surface area contributed by atoms with E-state index in [0.29, 0.717) is 0 Å². The third-order valence-electron chi connectivity index (χ3n) is 7.10. The summed E-state index contributed by atoms with van der Waals surface area (Å²) in [6.45, 7) is 27.8. The van der Waals surface area contributed by atoms with Crippen LogP contribution >= 0.6 is 0 Å². The van der Waals surface area contributed by atoms with Gasteiger partial charge in [0.2, 0.25) is 0 Å². The van der Waals surface area contributed by atoms with Crippen molar-refractivity contribution in [2.45, 2.75) is 111 Å². The highest BCUT2D eigenvalue weighted by molar-refractivity contribution is 6.74. The monoisotopic (exact) mass is 442 g/mol. The van der Waals surface area contributed by atoms with E-state index in [1.54, 1.807) is 0 Å². The van der Waals surface area contributed by atoms with Gasteiger partial charge in [0.05, 0.1) is 31.8 Å². The summed E-state index contributed by atoms with van der Waals surface area (Å²) in [7, 11) is -0.602. The van der Waals surface area contributed by atoms with Crippen LogP contribution in [0.2, 0.25) is 18.1 Å². The molecule has 0 aromatic carbocycles. The summed E-state index contributed by atoms with van der Waals surface area (Å²) in [6.07, 6.45) is 1.66. The number of hydrogen-bond acceptors (Lipinski definition) is 5. The molecule has 0 amide bonds. The number of hydrogen-bond donors (Lipinski definition) is 0. The summed E-state index contributed by atoms with van der Waals surface area (Å²) in [6, 6.07) is 0. The molecule has 5 atom stereocenters. The molecule has 0 saturated carbocycles. The fraction of sp³-hybridized carbons (Fsp3) is 0.875. The van der Waals surface area contributed by atoms with Crippen molar-refractivity contribution in [3.8, 4) is 0 Å². The Balaban J connectivity index is 3.32. The van der Waals surface area contributed by atoms with Crippen molar-refractivity contribution in [3.05, 3.63) is 12.7 Å². The van der Waals surface area contributed by atoms with Crippen molar-refractivity contribution in [2.75, 3.05) is 7.11 Å². The predicted molar refractivity (Wildman–Crippen MR) is 125 cm³/mol. The maximum Gasteiger partial charge on any atom is 0.308 e. The van der Waals surface area contributed by atoms with Crippen LogP contribution in [0.25, 0.3) is 0 Å². The van der Waals surface area contributed by atoms with Gasteiger partial charge in [-0.15, -0.1) is 6.58 Å². The fourth-order valence-electron chi connectivity index (χ4n) is 4.00. The lowest BCUT2D eigenvalue weighted by Crippen LogP contribution is -2.61. The first-order valence-electron chi connectivity index (χ1n) is 11.1. The normalized spacial score (nSPS) is 27.1. The molecular formula is C24H46O5Si. The van der Waals surface area contributed by atoms with Crippen LogP contribution in [0.1, 0.15) is 68.7 Å². The zero-order chi connectivity index (χ0) is 23.7. The van der Waals surface area contributed by atoms with Gasteiger partial charge in [-0.25, -0.2) is 0 Å². The quantitative estimate of drug-likeness (QED) is 0.264. The van der Waals surface area contributed by atoms with E-state index >= 15 is 0 Å². The molecule has 1 saturated heterocycles. The Kier molecular flexibility index (Phi) is 8.60. The van der Waals surface area contributed by atoms with Gasteiger partial charge in [0.1, 0.15) is 0 Å². The Morgan fingerprint density at radius 1 is 1.17 bits per heavy atom. The fourth-order valence-corrected chi connectivity index (χ4v) is 5.47. The van der Waals surface area contributed by atoms with Gasteiger partial charge in [-0.1, -0.05) is 54.5 Å². The van der Waals surface area contributed by atoms with Crippen LogP contribution in [0.3, 0.4) is 0 Å². The van der Waals surface area contributed by atoms with Gasteiger partial charge in [-0.3, -0.25) is 4.79 Å². The molecule has 6 heteroatoms. The van der Waals surface area contributed by atoms with Gasteiger partial charge in [-0.05, 0) is 37.9 Å². The molecule has 30 heavy (non-hydrogen) atoms. The molecule has 1 heterocycles. The van der Waals surface area contributed by atoms with Crippen LogP contribution in [0.15, 0.2) is 12.7 Å². The first kappa shape index (κ1) is 27.3. The Labute approximate surface area is 186 Å². The van der Waals surface area contributed by atoms with Crippen molar-refractivity contribution in [1.82, 2.24) is 0 Å². The number of carbonyl (C=O) groups excluding carboxylic acids is 1. The molecule has 1 aliphatic heterocycles. The first-order valence-corrected chi connectivity index (χ1v) is 14.0. The first-order chi connectivity index (χ1) is 13.4. The standard InChI is InChI=1S/C24H46O5Si/c1-14-16(2)20(29-30(12,13)22(4,5)6)17(3)21-23(7,8)18(15-19(25)26-11)27-24(9,10)28-21/h14,16-18,20-21H,1,15H2,2-13H3/t16-,17+,18-,20-,21-/m0/s1. The van der Waals surface area contributed by atoms with Crippen LogP contribution < -0.4 is 0 Å². The molecule has 0 aromatic heterocycles. The van der Waals surface area contributed by atoms with Crippen LogP contribution in [-0.2, 0) is 23.4 Å². The highest BCUT2D eigenvalue weighted by Crippen LogP contribution is 2.47. The lowest BCUT2D eigenvalue weighted by molar-refractivity contribution is -0.353. The second kappa shape index (κ2) is 9.43. The molecule has 0 aliphatic carbocycles. The third-order valence-corrected chi connectivity index (χ3v) is 11.6. The van der Waals surface area contributed by atoms with Gasteiger partial charge in [0.25, 0.3) is 0 Å². The van der Waals surface area contributed by atoms with E-state index in [9.17, 15) is 4.79 Å². The number of esters is 1. The largest absolute Gasteiger partial charge is 0.469 e. The van der Waals surface area contributed by atoms with Crippen molar-refractivity contribution in [2.24, 2.45) is 17.3 Å². The lowest BCUT2D eigenvalue weighted by Gasteiger charge is -2.54. The molecule has 1 fully saturated rings. The van der Waals surface area contributed by atoms with E-state index < -0.39 is 19.5 Å². The molecule has 176 valence electrons. The molecule has 0 N–H and O–H groups in total. The predicted octanol–water partition coefficient (Wildman–Crippen LogP) is 5.94. The summed E-state index contributed by atoms with van der Waals surface area (Å²) in [5, 5.41) is 0.102. The van der Waals surface area contributed by atoms with Gasteiger partial charge in [0.15, 0.2) is 14.1 Å². The number of carbonyl (C=O) groups is 1. The van der Waals surface area contributed by atoms with Crippen LogP contribution in [-0.4, -0.2) is 45.5 Å². The average Bonchev–Trinajstić information content (AvgIpc) is 2.60. The molecule has 0 radical (unpaired) electrons. The summed E-state index contributed by atoms with van der Waals surface area (Å²) >= 11 is 0. The minimum atomic E-state index is -2.01. The topological polar surface area (TPSA) is 54.0 Å². The maximum absolute atomic E-state index is 12.1. The van der Waals surface area contributed by atoms with Gasteiger partial charge < -0.3 is 18.6 Å². The van der Waals surface area contributed by atoms with Gasteiger partial charge in [-0.2, -0.15) is 0 Å². The molecular weight excluding hydrogens is 396 g/mol. The third kappa shape index (κ3) is 6.18. The molecule has 0 spiro atoms. The Hall–Kier alpha value is -0.693. The highest BCUT2D eigenvalue weighted by Gasteiger charge is 2.53. The second-order valence-corrected chi connectivity index (χ2v) is 16.2. The van der Waals surface area contributed by atoms with E-state index in [-0.39, 0.29) is 47.6 Å². The molecule has 0 aromatic rings. The van der Waals surface area contributed by atoms with Crippen molar-refractivity contribution in [3.63, 3.8) is 0 Å². The Bertz CT molecular complexity index is 605. The smallest absolute Gasteiger partial charge is 0.308 e. The average molecular weight is 443 g/mol. The van der Waals surface area contributed by atoms with Crippen molar-refractivity contribution in [1.29, 1.82) is 0 Å².